The Morgan fingerprint density at radius 3 is 2.05 bits per heavy atom. The fourth-order valence-electron chi connectivity index (χ4n) is 3.71. The lowest BCUT2D eigenvalue weighted by Gasteiger charge is -2.15. The third-order valence-corrected chi connectivity index (χ3v) is 5.78. The van der Waals surface area contributed by atoms with E-state index in [9.17, 15) is 31.4 Å². The summed E-state index contributed by atoms with van der Waals surface area (Å²) < 4.78 is 81.1. The standard InChI is InChI=1S/C26H18ClF6N3O/c27-21-9-5-4-6-17(21)10-11-22(37)23-24(18-7-2-1-3-8-18)36(35-34-23)15-16-12-19(25(28,29)30)14-20(13-16)26(31,32)33/h1-14,22,37H,15H2/b11-10-. The minimum Gasteiger partial charge on any atom is -0.382 e. The van der Waals surface area contributed by atoms with Gasteiger partial charge < -0.3 is 5.11 Å². The highest BCUT2D eigenvalue weighted by Crippen LogP contribution is 2.37. The monoisotopic (exact) mass is 537 g/mol. The fourth-order valence-corrected chi connectivity index (χ4v) is 3.91. The molecule has 0 saturated heterocycles. The SMILES string of the molecule is OC(/C=C\c1ccccc1Cl)c1nnn(Cc2cc(C(F)(F)F)cc(C(F)(F)F)c2)c1-c1ccccc1. The molecule has 4 rings (SSSR count). The molecule has 1 heterocycles. The maximum absolute atomic E-state index is 13.3. The summed E-state index contributed by atoms with van der Waals surface area (Å²) in [6, 6.07) is 16.7. The Kier molecular flexibility index (Phi) is 7.42. The number of hydrogen-bond acceptors (Lipinski definition) is 3. The largest absolute Gasteiger partial charge is 0.416 e. The maximum Gasteiger partial charge on any atom is 0.416 e. The van der Waals surface area contributed by atoms with E-state index in [1.165, 1.54) is 6.08 Å². The molecule has 0 saturated carbocycles. The van der Waals surface area contributed by atoms with Crippen LogP contribution in [-0.4, -0.2) is 20.1 Å². The molecule has 37 heavy (non-hydrogen) atoms. The molecule has 0 bridgehead atoms. The lowest BCUT2D eigenvalue weighted by Crippen LogP contribution is -2.13. The van der Waals surface area contributed by atoms with Gasteiger partial charge in [-0.25, -0.2) is 4.68 Å². The van der Waals surface area contributed by atoms with Gasteiger partial charge in [0.25, 0.3) is 0 Å². The molecule has 1 atom stereocenters. The summed E-state index contributed by atoms with van der Waals surface area (Å²) in [7, 11) is 0. The van der Waals surface area contributed by atoms with E-state index in [-0.39, 0.29) is 23.0 Å². The average Bonchev–Trinajstić information content (AvgIpc) is 3.26. The van der Waals surface area contributed by atoms with E-state index in [0.717, 1.165) is 4.68 Å². The van der Waals surface area contributed by atoms with Crippen LogP contribution in [-0.2, 0) is 18.9 Å². The zero-order valence-electron chi connectivity index (χ0n) is 18.8. The van der Waals surface area contributed by atoms with Crippen LogP contribution in [0.4, 0.5) is 26.3 Å². The van der Waals surface area contributed by atoms with Crippen LogP contribution in [0.15, 0.2) is 78.9 Å². The van der Waals surface area contributed by atoms with Crippen LogP contribution >= 0.6 is 11.6 Å². The molecule has 1 N–H and O–H groups in total. The van der Waals surface area contributed by atoms with Gasteiger partial charge in [-0.3, -0.25) is 0 Å². The number of nitrogens with zero attached hydrogens (tertiary/aromatic N) is 3. The predicted octanol–water partition coefficient (Wildman–Crippen LogP) is 7.43. The number of aliphatic hydroxyl groups is 1. The number of rotatable bonds is 6. The van der Waals surface area contributed by atoms with E-state index < -0.39 is 36.1 Å². The molecule has 11 heteroatoms. The Morgan fingerprint density at radius 1 is 0.865 bits per heavy atom. The van der Waals surface area contributed by atoms with Gasteiger partial charge in [-0.2, -0.15) is 26.3 Å². The highest BCUT2D eigenvalue weighted by Gasteiger charge is 2.37. The Morgan fingerprint density at radius 2 is 1.46 bits per heavy atom. The highest BCUT2D eigenvalue weighted by atomic mass is 35.5. The molecule has 0 aliphatic rings. The quantitative estimate of drug-likeness (QED) is 0.260. The summed E-state index contributed by atoms with van der Waals surface area (Å²) in [6.07, 6.45) is -8.28. The van der Waals surface area contributed by atoms with Gasteiger partial charge in [-0.1, -0.05) is 71.4 Å². The first kappa shape index (κ1) is 26.4. The van der Waals surface area contributed by atoms with Gasteiger partial charge >= 0.3 is 12.4 Å². The zero-order valence-corrected chi connectivity index (χ0v) is 19.6. The van der Waals surface area contributed by atoms with E-state index in [4.69, 9.17) is 11.6 Å². The first-order valence-corrected chi connectivity index (χ1v) is 11.2. The number of aliphatic hydroxyl groups excluding tert-OH is 1. The lowest BCUT2D eigenvalue weighted by molar-refractivity contribution is -0.143. The van der Waals surface area contributed by atoms with Crippen LogP contribution in [0.25, 0.3) is 17.3 Å². The third-order valence-electron chi connectivity index (χ3n) is 5.43. The van der Waals surface area contributed by atoms with Crippen LogP contribution in [0, 0.1) is 0 Å². The van der Waals surface area contributed by atoms with Gasteiger partial charge in [0.1, 0.15) is 11.8 Å². The Bertz CT molecular complexity index is 1380. The Balaban J connectivity index is 1.77. The lowest BCUT2D eigenvalue weighted by atomic mass is 10.0. The van der Waals surface area contributed by atoms with Crippen LogP contribution in [0.5, 0.6) is 0 Å². The van der Waals surface area contributed by atoms with Gasteiger partial charge in [-0.15, -0.1) is 5.10 Å². The van der Waals surface area contributed by atoms with Crippen molar-refractivity contribution in [3.05, 3.63) is 112 Å². The summed E-state index contributed by atoms with van der Waals surface area (Å²) in [5.74, 6) is 0. The Hall–Kier alpha value is -3.63. The van der Waals surface area contributed by atoms with Gasteiger partial charge in [0, 0.05) is 10.6 Å². The second-order valence-corrected chi connectivity index (χ2v) is 8.49. The van der Waals surface area contributed by atoms with Gasteiger partial charge in [-0.05, 0) is 41.5 Å². The van der Waals surface area contributed by atoms with E-state index in [1.807, 2.05) is 0 Å². The van der Waals surface area contributed by atoms with Gasteiger partial charge in [0.15, 0.2) is 0 Å². The molecular formula is C26H18ClF6N3O. The fraction of sp³-hybridized carbons (Fsp3) is 0.154. The van der Waals surface area contributed by atoms with Crippen molar-refractivity contribution < 1.29 is 31.4 Å². The van der Waals surface area contributed by atoms with Crippen molar-refractivity contribution in [2.75, 3.05) is 0 Å². The average molecular weight is 538 g/mol. The van der Waals surface area contributed by atoms with Crippen molar-refractivity contribution in [1.82, 2.24) is 15.0 Å². The van der Waals surface area contributed by atoms with Crippen molar-refractivity contribution >= 4 is 17.7 Å². The molecule has 4 aromatic rings. The van der Waals surface area contributed by atoms with Crippen molar-refractivity contribution in [1.29, 1.82) is 0 Å². The first-order chi connectivity index (χ1) is 17.4. The second kappa shape index (κ2) is 10.4. The topological polar surface area (TPSA) is 50.9 Å². The van der Waals surface area contributed by atoms with Crippen molar-refractivity contribution in [2.24, 2.45) is 0 Å². The summed E-state index contributed by atoms with van der Waals surface area (Å²) in [5, 5.41) is 19.2. The number of hydrogen-bond donors (Lipinski definition) is 1. The summed E-state index contributed by atoms with van der Waals surface area (Å²) in [5.41, 5.74) is -1.70. The molecule has 0 aliphatic heterocycles. The number of aromatic nitrogens is 3. The third kappa shape index (κ3) is 6.20. The number of alkyl halides is 6. The minimum atomic E-state index is -4.98. The zero-order chi connectivity index (χ0) is 26.8. The molecule has 0 fully saturated rings. The normalized spacial score (nSPS) is 13.3. The van der Waals surface area contributed by atoms with Crippen LogP contribution in [0.3, 0.4) is 0 Å². The molecule has 1 aromatic heterocycles. The minimum absolute atomic E-state index is 0.0671. The predicted molar refractivity (Wildman–Crippen MR) is 126 cm³/mol. The Labute approximate surface area is 212 Å². The molecule has 0 aliphatic carbocycles. The molecule has 1 unspecified atom stereocenters. The van der Waals surface area contributed by atoms with Gasteiger partial charge in [0.05, 0.1) is 23.4 Å². The summed E-state index contributed by atoms with van der Waals surface area (Å²) in [6.45, 7) is -0.453. The first-order valence-electron chi connectivity index (χ1n) is 10.8. The summed E-state index contributed by atoms with van der Waals surface area (Å²) >= 11 is 6.14. The van der Waals surface area contributed by atoms with E-state index >= 15 is 0 Å². The second-order valence-electron chi connectivity index (χ2n) is 8.09. The molecule has 0 spiro atoms. The summed E-state index contributed by atoms with van der Waals surface area (Å²) in [4.78, 5) is 0. The highest BCUT2D eigenvalue weighted by molar-refractivity contribution is 6.32. The number of halogens is 7. The number of benzene rings is 3. The van der Waals surface area contributed by atoms with E-state index in [2.05, 4.69) is 10.3 Å². The van der Waals surface area contributed by atoms with Crippen molar-refractivity contribution in [3.63, 3.8) is 0 Å². The smallest absolute Gasteiger partial charge is 0.382 e. The van der Waals surface area contributed by atoms with Crippen molar-refractivity contribution in [3.8, 4) is 11.3 Å². The molecular weight excluding hydrogens is 520 g/mol. The van der Waals surface area contributed by atoms with Crippen LogP contribution in [0.1, 0.15) is 34.1 Å². The molecule has 4 nitrogen and oxygen atoms in total. The van der Waals surface area contributed by atoms with E-state index in [0.29, 0.717) is 28.3 Å². The van der Waals surface area contributed by atoms with Crippen molar-refractivity contribution in [2.45, 2.75) is 25.0 Å². The molecule has 3 aromatic carbocycles. The maximum atomic E-state index is 13.3. The molecule has 192 valence electrons. The van der Waals surface area contributed by atoms with E-state index in [1.54, 1.807) is 60.7 Å². The van der Waals surface area contributed by atoms with Crippen LogP contribution in [0.2, 0.25) is 5.02 Å². The van der Waals surface area contributed by atoms with Gasteiger partial charge in [0.2, 0.25) is 0 Å². The van der Waals surface area contributed by atoms with Crippen LogP contribution < -0.4 is 0 Å². The molecule has 0 radical (unpaired) electrons. The molecule has 0 amide bonds.